The minimum atomic E-state index is -0.941. The number of carbonyl (C=O) groups is 1. The fourth-order valence-corrected chi connectivity index (χ4v) is 3.48. The first-order chi connectivity index (χ1) is 9.58. The Kier molecular flexibility index (Phi) is 3.15. The standard InChI is InChI=1S/C13H12N2O4S/c14-11-9(12-15-7(5-20-12)13(17)18)10(16)6-3-1-2-4-8(6)19-11/h1-4,7,12,15H,5,14H2,(H,17,18). The molecule has 0 aliphatic carbocycles. The Labute approximate surface area is 118 Å². The van der Waals surface area contributed by atoms with Crippen LogP contribution < -0.4 is 16.5 Å². The van der Waals surface area contributed by atoms with E-state index in [1.165, 1.54) is 11.8 Å². The number of fused-ring (bicyclic) bond motifs is 1. The van der Waals surface area contributed by atoms with E-state index in [-0.39, 0.29) is 16.9 Å². The van der Waals surface area contributed by atoms with Gasteiger partial charge >= 0.3 is 5.97 Å². The molecule has 0 amide bonds. The van der Waals surface area contributed by atoms with Crippen LogP contribution in [0.4, 0.5) is 5.88 Å². The minimum absolute atomic E-state index is 0.0322. The van der Waals surface area contributed by atoms with Crippen LogP contribution in [0.2, 0.25) is 0 Å². The lowest BCUT2D eigenvalue weighted by atomic mass is 10.1. The molecule has 1 aromatic carbocycles. The second-order valence-corrected chi connectivity index (χ2v) is 5.61. The predicted octanol–water partition coefficient (Wildman–Crippen LogP) is 1.16. The molecule has 7 heteroatoms. The van der Waals surface area contributed by atoms with Crippen LogP contribution in [0.5, 0.6) is 0 Å². The number of carboxylic acids is 1. The number of nitrogen functional groups attached to an aromatic ring is 1. The van der Waals surface area contributed by atoms with Gasteiger partial charge in [-0.15, -0.1) is 11.8 Å². The molecule has 1 saturated heterocycles. The molecule has 1 aromatic heterocycles. The maximum Gasteiger partial charge on any atom is 0.321 e. The van der Waals surface area contributed by atoms with Crippen molar-refractivity contribution >= 4 is 34.6 Å². The molecule has 0 bridgehead atoms. The van der Waals surface area contributed by atoms with Crippen molar-refractivity contribution in [3.63, 3.8) is 0 Å². The van der Waals surface area contributed by atoms with Gasteiger partial charge in [0.15, 0.2) is 0 Å². The Morgan fingerprint density at radius 1 is 1.45 bits per heavy atom. The zero-order valence-electron chi connectivity index (χ0n) is 10.3. The number of benzene rings is 1. The molecule has 104 valence electrons. The summed E-state index contributed by atoms with van der Waals surface area (Å²) in [6.07, 6.45) is 0. The number of anilines is 1. The largest absolute Gasteiger partial charge is 0.480 e. The van der Waals surface area contributed by atoms with Crippen molar-refractivity contribution in [1.82, 2.24) is 5.32 Å². The maximum atomic E-state index is 12.5. The van der Waals surface area contributed by atoms with Gasteiger partial charge in [0.1, 0.15) is 11.6 Å². The normalized spacial score (nSPS) is 22.2. The average Bonchev–Trinajstić information content (AvgIpc) is 2.88. The van der Waals surface area contributed by atoms with Crippen LogP contribution in [0.3, 0.4) is 0 Å². The molecule has 4 N–H and O–H groups in total. The smallest absolute Gasteiger partial charge is 0.321 e. The van der Waals surface area contributed by atoms with Crippen LogP contribution >= 0.6 is 11.8 Å². The molecular formula is C13H12N2O4S. The van der Waals surface area contributed by atoms with Crippen molar-refractivity contribution in [1.29, 1.82) is 0 Å². The molecule has 2 unspecified atom stereocenters. The maximum absolute atomic E-state index is 12.5. The zero-order valence-corrected chi connectivity index (χ0v) is 11.1. The molecule has 3 rings (SSSR count). The Morgan fingerprint density at radius 3 is 2.90 bits per heavy atom. The van der Waals surface area contributed by atoms with Gasteiger partial charge in [0.2, 0.25) is 11.3 Å². The van der Waals surface area contributed by atoms with Crippen molar-refractivity contribution in [2.24, 2.45) is 0 Å². The van der Waals surface area contributed by atoms with Gasteiger partial charge in [0, 0.05) is 5.75 Å². The number of carboxylic acid groups (broad SMARTS) is 1. The number of nitrogens with one attached hydrogen (secondary N) is 1. The fraction of sp³-hybridized carbons (Fsp3) is 0.231. The number of hydrogen-bond donors (Lipinski definition) is 3. The second kappa shape index (κ2) is 4.84. The average molecular weight is 292 g/mol. The van der Waals surface area contributed by atoms with E-state index < -0.39 is 17.4 Å². The molecule has 2 aromatic rings. The third kappa shape index (κ3) is 2.04. The zero-order chi connectivity index (χ0) is 14.3. The van der Waals surface area contributed by atoms with Gasteiger partial charge in [-0.05, 0) is 12.1 Å². The summed E-state index contributed by atoms with van der Waals surface area (Å²) < 4.78 is 5.46. The van der Waals surface area contributed by atoms with E-state index in [2.05, 4.69) is 5.32 Å². The van der Waals surface area contributed by atoms with Crippen molar-refractivity contribution in [3.05, 3.63) is 40.1 Å². The summed E-state index contributed by atoms with van der Waals surface area (Å²) >= 11 is 1.34. The predicted molar refractivity (Wildman–Crippen MR) is 76.7 cm³/mol. The molecule has 0 spiro atoms. The third-order valence-electron chi connectivity index (χ3n) is 3.20. The number of rotatable bonds is 2. The number of thioether (sulfide) groups is 1. The highest BCUT2D eigenvalue weighted by Crippen LogP contribution is 2.35. The molecule has 1 fully saturated rings. The molecule has 2 heterocycles. The van der Waals surface area contributed by atoms with Crippen LogP contribution in [-0.2, 0) is 4.79 Å². The first-order valence-corrected chi connectivity index (χ1v) is 7.04. The minimum Gasteiger partial charge on any atom is -0.480 e. The lowest BCUT2D eigenvalue weighted by Crippen LogP contribution is -2.35. The monoisotopic (exact) mass is 292 g/mol. The molecule has 2 atom stereocenters. The first-order valence-electron chi connectivity index (χ1n) is 5.99. The van der Waals surface area contributed by atoms with Gasteiger partial charge in [-0.25, -0.2) is 0 Å². The van der Waals surface area contributed by atoms with E-state index in [1.807, 2.05) is 0 Å². The number of aliphatic carboxylic acids is 1. The summed E-state index contributed by atoms with van der Waals surface area (Å²) in [7, 11) is 0. The summed E-state index contributed by atoms with van der Waals surface area (Å²) in [5, 5.41) is 11.8. The first kappa shape index (κ1) is 13.0. The van der Waals surface area contributed by atoms with Gasteiger partial charge in [0.25, 0.3) is 0 Å². The molecule has 1 aliphatic heterocycles. The SMILES string of the molecule is Nc1oc2ccccc2c(=O)c1C1NC(C(=O)O)CS1. The second-order valence-electron chi connectivity index (χ2n) is 4.48. The molecule has 0 saturated carbocycles. The van der Waals surface area contributed by atoms with E-state index in [0.29, 0.717) is 16.7 Å². The van der Waals surface area contributed by atoms with Gasteiger partial charge in [-0.1, -0.05) is 12.1 Å². The lowest BCUT2D eigenvalue weighted by molar-refractivity contribution is -0.138. The van der Waals surface area contributed by atoms with Gasteiger partial charge in [0.05, 0.1) is 16.3 Å². The molecule has 0 radical (unpaired) electrons. The fourth-order valence-electron chi connectivity index (χ4n) is 2.20. The van der Waals surface area contributed by atoms with E-state index in [4.69, 9.17) is 15.3 Å². The van der Waals surface area contributed by atoms with E-state index in [9.17, 15) is 9.59 Å². The summed E-state index contributed by atoms with van der Waals surface area (Å²) in [6, 6.07) is 6.15. The third-order valence-corrected chi connectivity index (χ3v) is 4.43. The van der Waals surface area contributed by atoms with Crippen molar-refractivity contribution in [2.75, 3.05) is 11.5 Å². The van der Waals surface area contributed by atoms with Crippen LogP contribution in [0.1, 0.15) is 10.9 Å². The Bertz CT molecular complexity index is 743. The highest BCUT2D eigenvalue weighted by Gasteiger charge is 2.33. The lowest BCUT2D eigenvalue weighted by Gasteiger charge is -2.13. The topological polar surface area (TPSA) is 106 Å². The van der Waals surface area contributed by atoms with Gasteiger partial charge in [-0.2, -0.15) is 0 Å². The Hall–Kier alpha value is -1.99. The summed E-state index contributed by atoms with van der Waals surface area (Å²) in [5.74, 6) is -0.528. The Balaban J connectivity index is 2.09. The van der Waals surface area contributed by atoms with Crippen LogP contribution in [0, 0.1) is 0 Å². The van der Waals surface area contributed by atoms with Crippen molar-refractivity contribution < 1.29 is 14.3 Å². The number of nitrogens with two attached hydrogens (primary N) is 1. The van der Waals surface area contributed by atoms with Crippen molar-refractivity contribution in [3.8, 4) is 0 Å². The van der Waals surface area contributed by atoms with E-state index in [1.54, 1.807) is 24.3 Å². The molecule has 20 heavy (non-hydrogen) atoms. The van der Waals surface area contributed by atoms with E-state index >= 15 is 0 Å². The van der Waals surface area contributed by atoms with Crippen molar-refractivity contribution in [2.45, 2.75) is 11.4 Å². The molecule has 6 nitrogen and oxygen atoms in total. The summed E-state index contributed by atoms with van der Waals surface area (Å²) in [6.45, 7) is 0. The van der Waals surface area contributed by atoms with Crippen LogP contribution in [0.15, 0.2) is 33.5 Å². The molecule has 1 aliphatic rings. The summed E-state index contributed by atoms with van der Waals surface area (Å²) in [5.41, 5.74) is 6.32. The quantitative estimate of drug-likeness (QED) is 0.762. The highest BCUT2D eigenvalue weighted by atomic mass is 32.2. The van der Waals surface area contributed by atoms with Gasteiger partial charge < -0.3 is 15.3 Å². The highest BCUT2D eigenvalue weighted by molar-refractivity contribution is 7.99. The number of para-hydroxylation sites is 1. The van der Waals surface area contributed by atoms with E-state index in [0.717, 1.165) is 0 Å². The number of hydrogen-bond acceptors (Lipinski definition) is 6. The Morgan fingerprint density at radius 2 is 2.20 bits per heavy atom. The van der Waals surface area contributed by atoms with Crippen LogP contribution in [0.25, 0.3) is 11.0 Å². The van der Waals surface area contributed by atoms with Crippen LogP contribution in [-0.4, -0.2) is 22.9 Å². The summed E-state index contributed by atoms with van der Waals surface area (Å²) in [4.78, 5) is 23.4. The molecular weight excluding hydrogens is 280 g/mol. The van der Waals surface area contributed by atoms with Gasteiger partial charge in [-0.3, -0.25) is 14.9 Å².